The first kappa shape index (κ1) is 13.9. The Kier molecular flexibility index (Phi) is 4.43. The summed E-state index contributed by atoms with van der Waals surface area (Å²) >= 11 is 0. The van der Waals surface area contributed by atoms with Gasteiger partial charge in [0, 0.05) is 6.42 Å². The normalized spacial score (nSPS) is 18.4. The van der Waals surface area contributed by atoms with Gasteiger partial charge in [-0.3, -0.25) is 4.79 Å². The van der Waals surface area contributed by atoms with Crippen molar-refractivity contribution < 1.29 is 9.53 Å². The summed E-state index contributed by atoms with van der Waals surface area (Å²) in [5, 5.41) is 6.24. The minimum atomic E-state index is 0.0650. The van der Waals surface area contributed by atoms with Crippen molar-refractivity contribution in [2.75, 3.05) is 25.5 Å². The van der Waals surface area contributed by atoms with Crippen LogP contribution in [0.25, 0.3) is 0 Å². The number of nitrogens with one attached hydrogen (secondary N) is 2. The highest BCUT2D eigenvalue weighted by atomic mass is 16.5. The molecule has 1 saturated heterocycles. The Balaban J connectivity index is 2.04. The Bertz CT molecular complexity index is 465. The fraction of sp³-hybridized carbons (Fsp3) is 0.533. The van der Waals surface area contributed by atoms with Crippen molar-refractivity contribution in [1.82, 2.24) is 5.32 Å². The molecule has 1 amide bonds. The van der Waals surface area contributed by atoms with E-state index in [2.05, 4.69) is 10.6 Å². The maximum Gasteiger partial charge on any atom is 0.224 e. The first-order chi connectivity index (χ1) is 9.10. The summed E-state index contributed by atoms with van der Waals surface area (Å²) in [6.07, 6.45) is 1.65. The molecule has 1 atom stereocenters. The van der Waals surface area contributed by atoms with Gasteiger partial charge in [-0.15, -0.1) is 0 Å². The summed E-state index contributed by atoms with van der Waals surface area (Å²) in [5.74, 6) is 1.24. The van der Waals surface area contributed by atoms with Crippen LogP contribution >= 0.6 is 0 Å². The van der Waals surface area contributed by atoms with Crippen LogP contribution in [-0.4, -0.2) is 26.1 Å². The molecule has 2 rings (SSSR count). The predicted molar refractivity (Wildman–Crippen MR) is 76.7 cm³/mol. The number of amides is 1. The Morgan fingerprint density at radius 1 is 1.42 bits per heavy atom. The predicted octanol–water partition coefficient (Wildman–Crippen LogP) is 2.25. The molecule has 0 aromatic heterocycles. The third-order valence-corrected chi connectivity index (χ3v) is 3.73. The van der Waals surface area contributed by atoms with Gasteiger partial charge < -0.3 is 15.4 Å². The minimum absolute atomic E-state index is 0.0650. The van der Waals surface area contributed by atoms with Gasteiger partial charge in [0.25, 0.3) is 0 Å². The van der Waals surface area contributed by atoms with Crippen LogP contribution in [0.15, 0.2) is 12.1 Å². The number of benzene rings is 1. The van der Waals surface area contributed by atoms with E-state index >= 15 is 0 Å². The van der Waals surface area contributed by atoms with Crippen LogP contribution in [0.4, 0.5) is 5.69 Å². The largest absolute Gasteiger partial charge is 0.495 e. The zero-order valence-corrected chi connectivity index (χ0v) is 11.9. The van der Waals surface area contributed by atoms with Gasteiger partial charge in [-0.05, 0) is 62.5 Å². The summed E-state index contributed by atoms with van der Waals surface area (Å²) in [4.78, 5) is 12.0. The van der Waals surface area contributed by atoms with Gasteiger partial charge in [0.05, 0.1) is 12.8 Å². The number of hydrogen-bond donors (Lipinski definition) is 2. The van der Waals surface area contributed by atoms with Crippen molar-refractivity contribution in [3.8, 4) is 5.75 Å². The zero-order valence-electron chi connectivity index (χ0n) is 11.9. The number of aryl methyl sites for hydroxylation is 2. The zero-order chi connectivity index (χ0) is 13.8. The highest BCUT2D eigenvalue weighted by molar-refractivity contribution is 5.92. The van der Waals surface area contributed by atoms with Gasteiger partial charge in [-0.1, -0.05) is 0 Å². The number of hydrogen-bond acceptors (Lipinski definition) is 3. The second-order valence-corrected chi connectivity index (χ2v) is 5.25. The minimum Gasteiger partial charge on any atom is -0.495 e. The van der Waals surface area contributed by atoms with Gasteiger partial charge >= 0.3 is 0 Å². The quantitative estimate of drug-likeness (QED) is 0.875. The lowest BCUT2D eigenvalue weighted by Crippen LogP contribution is -2.18. The molecule has 0 bridgehead atoms. The second-order valence-electron chi connectivity index (χ2n) is 5.25. The van der Waals surface area contributed by atoms with Gasteiger partial charge in [0.15, 0.2) is 0 Å². The van der Waals surface area contributed by atoms with Crippen molar-refractivity contribution in [2.45, 2.75) is 26.7 Å². The molecule has 1 aromatic carbocycles. The Hall–Kier alpha value is -1.55. The van der Waals surface area contributed by atoms with E-state index in [1.54, 1.807) is 7.11 Å². The average Bonchev–Trinajstić information content (AvgIpc) is 2.86. The summed E-state index contributed by atoms with van der Waals surface area (Å²) in [7, 11) is 1.63. The maximum atomic E-state index is 12.0. The molecule has 1 heterocycles. The summed E-state index contributed by atoms with van der Waals surface area (Å²) in [6.45, 7) is 6.03. The average molecular weight is 262 g/mol. The smallest absolute Gasteiger partial charge is 0.224 e. The molecule has 104 valence electrons. The van der Waals surface area contributed by atoms with Crippen LogP contribution in [0.3, 0.4) is 0 Å². The van der Waals surface area contributed by atoms with Crippen molar-refractivity contribution in [3.63, 3.8) is 0 Å². The molecule has 1 aromatic rings. The molecule has 0 aliphatic carbocycles. The van der Waals surface area contributed by atoms with E-state index < -0.39 is 0 Å². The number of rotatable bonds is 4. The number of ether oxygens (including phenoxy) is 1. The van der Waals surface area contributed by atoms with Crippen molar-refractivity contribution >= 4 is 11.6 Å². The number of carbonyl (C=O) groups is 1. The van der Waals surface area contributed by atoms with Crippen molar-refractivity contribution in [3.05, 3.63) is 23.3 Å². The molecule has 4 nitrogen and oxygen atoms in total. The third kappa shape index (κ3) is 3.47. The summed E-state index contributed by atoms with van der Waals surface area (Å²) in [6, 6.07) is 3.93. The number of carbonyl (C=O) groups excluding carboxylic acids is 1. The standard InChI is InChI=1S/C15H22N2O2/c1-10-6-13(14(19-3)7-11(10)2)17-15(18)8-12-4-5-16-9-12/h6-7,12,16H,4-5,8-9H2,1-3H3,(H,17,18). The molecule has 1 unspecified atom stereocenters. The van der Waals surface area contributed by atoms with Crippen molar-refractivity contribution in [1.29, 1.82) is 0 Å². The lowest BCUT2D eigenvalue weighted by atomic mass is 10.0. The first-order valence-corrected chi connectivity index (χ1v) is 6.76. The lowest BCUT2D eigenvalue weighted by molar-refractivity contribution is -0.117. The van der Waals surface area contributed by atoms with Crippen LogP contribution < -0.4 is 15.4 Å². The molecule has 19 heavy (non-hydrogen) atoms. The van der Waals surface area contributed by atoms with E-state index in [9.17, 15) is 4.79 Å². The van der Waals surface area contributed by atoms with Crippen molar-refractivity contribution in [2.24, 2.45) is 5.92 Å². The Morgan fingerprint density at radius 2 is 2.16 bits per heavy atom. The highest BCUT2D eigenvalue weighted by Gasteiger charge is 2.19. The molecular weight excluding hydrogens is 240 g/mol. The maximum absolute atomic E-state index is 12.0. The molecular formula is C15H22N2O2. The summed E-state index contributed by atoms with van der Waals surface area (Å²) in [5.41, 5.74) is 3.08. The van der Waals surface area contributed by atoms with E-state index in [1.165, 1.54) is 0 Å². The fourth-order valence-corrected chi connectivity index (χ4v) is 2.41. The van der Waals surface area contributed by atoms with E-state index in [-0.39, 0.29) is 5.91 Å². The third-order valence-electron chi connectivity index (χ3n) is 3.73. The fourth-order valence-electron chi connectivity index (χ4n) is 2.41. The molecule has 0 radical (unpaired) electrons. The molecule has 4 heteroatoms. The van der Waals surface area contributed by atoms with Crippen LogP contribution in [0, 0.1) is 19.8 Å². The van der Waals surface area contributed by atoms with E-state index in [0.717, 1.165) is 42.1 Å². The summed E-state index contributed by atoms with van der Waals surface area (Å²) < 4.78 is 5.32. The van der Waals surface area contributed by atoms with E-state index in [4.69, 9.17) is 4.74 Å². The van der Waals surface area contributed by atoms with Crippen LogP contribution in [0.1, 0.15) is 24.0 Å². The molecule has 1 aliphatic heterocycles. The molecule has 0 saturated carbocycles. The lowest BCUT2D eigenvalue weighted by Gasteiger charge is -2.14. The molecule has 1 aliphatic rings. The van der Waals surface area contributed by atoms with Crippen LogP contribution in [0.2, 0.25) is 0 Å². The first-order valence-electron chi connectivity index (χ1n) is 6.76. The molecule has 1 fully saturated rings. The van der Waals surface area contributed by atoms with E-state index in [0.29, 0.717) is 12.3 Å². The second kappa shape index (κ2) is 6.06. The molecule has 0 spiro atoms. The van der Waals surface area contributed by atoms with Gasteiger partial charge in [-0.25, -0.2) is 0 Å². The van der Waals surface area contributed by atoms with Gasteiger partial charge in [0.2, 0.25) is 5.91 Å². The number of anilines is 1. The van der Waals surface area contributed by atoms with Gasteiger partial charge in [0.1, 0.15) is 5.75 Å². The highest BCUT2D eigenvalue weighted by Crippen LogP contribution is 2.28. The molecule has 2 N–H and O–H groups in total. The SMILES string of the molecule is COc1cc(C)c(C)cc1NC(=O)CC1CCNC1. The van der Waals surface area contributed by atoms with Crippen LogP contribution in [0.5, 0.6) is 5.75 Å². The Labute approximate surface area is 114 Å². The monoisotopic (exact) mass is 262 g/mol. The number of methoxy groups -OCH3 is 1. The topological polar surface area (TPSA) is 50.4 Å². The van der Waals surface area contributed by atoms with E-state index in [1.807, 2.05) is 26.0 Å². The van der Waals surface area contributed by atoms with Gasteiger partial charge in [-0.2, -0.15) is 0 Å². The Morgan fingerprint density at radius 3 is 2.79 bits per heavy atom. The van der Waals surface area contributed by atoms with Crippen LogP contribution in [-0.2, 0) is 4.79 Å².